The van der Waals surface area contributed by atoms with E-state index in [2.05, 4.69) is 0 Å². The molecular formula is C11H8ClN2O+. The van der Waals surface area contributed by atoms with E-state index in [0.717, 1.165) is 10.6 Å². The van der Waals surface area contributed by atoms with Gasteiger partial charge in [0.15, 0.2) is 6.54 Å². The molecule has 0 radical (unpaired) electrons. The van der Waals surface area contributed by atoms with Gasteiger partial charge in [-0.15, -0.1) is 0 Å². The molecule has 0 saturated heterocycles. The number of rotatable bonds is 2. The number of amides is 1. The second-order valence-corrected chi connectivity index (χ2v) is 3.68. The van der Waals surface area contributed by atoms with E-state index in [1.54, 1.807) is 28.9 Å². The van der Waals surface area contributed by atoms with Crippen LogP contribution in [0, 0.1) is 11.3 Å². The summed E-state index contributed by atoms with van der Waals surface area (Å²) in [6, 6.07) is 7.32. The van der Waals surface area contributed by atoms with E-state index in [-0.39, 0.29) is 5.91 Å². The Morgan fingerprint density at radius 3 is 3.00 bits per heavy atom. The fourth-order valence-corrected chi connectivity index (χ4v) is 1.79. The predicted octanol–water partition coefficient (Wildman–Crippen LogP) is 0.0655. The maximum absolute atomic E-state index is 11.6. The summed E-state index contributed by atoms with van der Waals surface area (Å²) in [6.45, 7) is 0.431. The van der Waals surface area contributed by atoms with Crippen molar-refractivity contribution >= 4 is 23.6 Å². The molecule has 0 N–H and O–H groups in total. The van der Waals surface area contributed by atoms with E-state index in [1.807, 2.05) is 6.07 Å². The van der Waals surface area contributed by atoms with Crippen molar-refractivity contribution in [1.29, 1.82) is 5.26 Å². The molecule has 74 valence electrons. The van der Waals surface area contributed by atoms with E-state index in [0.29, 0.717) is 18.0 Å². The molecule has 2 rings (SSSR count). The van der Waals surface area contributed by atoms with Gasteiger partial charge in [0.25, 0.3) is 0 Å². The minimum absolute atomic E-state index is 0.0810. The third-order valence-electron chi connectivity index (χ3n) is 2.27. The van der Waals surface area contributed by atoms with E-state index < -0.39 is 0 Å². The Hall–Kier alpha value is -1.66. The summed E-state index contributed by atoms with van der Waals surface area (Å²) in [5, 5.41) is 10.8. The largest absolute Gasteiger partial charge is 0.413 e. The van der Waals surface area contributed by atoms with Crippen molar-refractivity contribution in [3.05, 3.63) is 33.8 Å². The Balaban J connectivity index is 2.58. The van der Waals surface area contributed by atoms with Crippen molar-refractivity contribution in [1.82, 2.24) is 4.58 Å². The topological polar surface area (TPSA) is 43.9 Å². The van der Waals surface area contributed by atoms with Crippen LogP contribution in [0.5, 0.6) is 0 Å². The van der Waals surface area contributed by atoms with Gasteiger partial charge in [-0.05, 0) is 12.1 Å². The molecule has 1 aliphatic heterocycles. The van der Waals surface area contributed by atoms with Gasteiger partial charge in [-0.3, -0.25) is 0 Å². The zero-order valence-electron chi connectivity index (χ0n) is 7.90. The number of fused-ring (bicyclic) bond motifs is 1. The third-order valence-corrected chi connectivity index (χ3v) is 2.51. The van der Waals surface area contributed by atoms with Crippen LogP contribution in [0.4, 0.5) is 0 Å². The SMILES string of the molecule is N#CCC[N+]1=c2ccc(Cl)cc2=CC1=O. The zero-order chi connectivity index (χ0) is 10.8. The maximum atomic E-state index is 11.6. The second kappa shape index (κ2) is 3.84. The van der Waals surface area contributed by atoms with Crippen LogP contribution < -0.4 is 15.2 Å². The molecule has 0 saturated carbocycles. The van der Waals surface area contributed by atoms with Gasteiger partial charge in [0, 0.05) is 11.1 Å². The lowest BCUT2D eigenvalue weighted by Crippen LogP contribution is -2.36. The Morgan fingerprint density at radius 1 is 1.47 bits per heavy atom. The van der Waals surface area contributed by atoms with Crippen molar-refractivity contribution < 1.29 is 4.79 Å². The summed E-state index contributed by atoms with van der Waals surface area (Å²) >= 11 is 5.82. The summed E-state index contributed by atoms with van der Waals surface area (Å²) < 4.78 is 1.59. The highest BCUT2D eigenvalue weighted by atomic mass is 35.5. The van der Waals surface area contributed by atoms with Crippen molar-refractivity contribution in [2.45, 2.75) is 6.42 Å². The quantitative estimate of drug-likeness (QED) is 0.661. The summed E-state index contributed by atoms with van der Waals surface area (Å²) in [7, 11) is 0. The Morgan fingerprint density at radius 2 is 2.27 bits per heavy atom. The minimum Gasteiger partial charge on any atom is -0.215 e. The smallest absolute Gasteiger partial charge is 0.215 e. The van der Waals surface area contributed by atoms with Crippen molar-refractivity contribution in [2.24, 2.45) is 0 Å². The highest BCUT2D eigenvalue weighted by Gasteiger charge is 2.21. The fourth-order valence-electron chi connectivity index (χ4n) is 1.61. The fraction of sp³-hybridized carbons (Fsp3) is 0.182. The van der Waals surface area contributed by atoms with Gasteiger partial charge in [0.05, 0.1) is 23.8 Å². The van der Waals surface area contributed by atoms with E-state index >= 15 is 0 Å². The number of nitrogens with zero attached hydrogens (tertiary/aromatic N) is 2. The van der Waals surface area contributed by atoms with Gasteiger partial charge < -0.3 is 0 Å². The van der Waals surface area contributed by atoms with Crippen LogP contribution in [0.15, 0.2) is 18.2 Å². The second-order valence-electron chi connectivity index (χ2n) is 3.25. The maximum Gasteiger partial charge on any atom is 0.413 e. The van der Waals surface area contributed by atoms with Gasteiger partial charge in [-0.1, -0.05) is 11.6 Å². The van der Waals surface area contributed by atoms with Crippen molar-refractivity contribution in [2.75, 3.05) is 6.54 Å². The molecule has 15 heavy (non-hydrogen) atoms. The van der Waals surface area contributed by atoms with Crippen LogP contribution in [0.2, 0.25) is 5.02 Å². The molecule has 0 fully saturated rings. The molecule has 0 unspecified atom stereocenters. The molecule has 1 amide bonds. The average Bonchev–Trinajstić information content (AvgIpc) is 2.50. The summed E-state index contributed by atoms with van der Waals surface area (Å²) in [5.74, 6) is -0.0810. The molecule has 0 aromatic heterocycles. The van der Waals surface area contributed by atoms with Gasteiger partial charge in [0.2, 0.25) is 5.36 Å². The van der Waals surface area contributed by atoms with Crippen LogP contribution in [0.25, 0.3) is 6.08 Å². The lowest BCUT2D eigenvalue weighted by atomic mass is 10.3. The van der Waals surface area contributed by atoms with Gasteiger partial charge >= 0.3 is 5.91 Å². The third kappa shape index (κ3) is 1.77. The standard InChI is InChI=1S/C11H8ClN2O/c12-9-2-3-10-8(6-9)7-11(15)14(10)5-1-4-13/h2-3,6-7H,1,5H2/q+1. The van der Waals surface area contributed by atoms with Crippen LogP contribution in [-0.4, -0.2) is 12.5 Å². The number of carbonyl (C=O) groups is 1. The molecule has 0 aliphatic carbocycles. The van der Waals surface area contributed by atoms with Crippen molar-refractivity contribution in [3.63, 3.8) is 0 Å². The number of nitriles is 1. The average molecular weight is 220 g/mol. The molecule has 0 spiro atoms. The molecule has 0 bridgehead atoms. The first-order valence-corrected chi connectivity index (χ1v) is 4.93. The normalized spacial score (nSPS) is 13.3. The van der Waals surface area contributed by atoms with Gasteiger partial charge in [-0.2, -0.15) is 9.84 Å². The van der Waals surface area contributed by atoms with Gasteiger partial charge in [-0.25, -0.2) is 4.79 Å². The Labute approximate surface area is 91.5 Å². The molecule has 4 heteroatoms. The van der Waals surface area contributed by atoms with E-state index in [4.69, 9.17) is 16.9 Å². The Bertz CT molecular complexity index is 584. The number of hydrogen-bond acceptors (Lipinski definition) is 2. The number of hydrogen-bond donors (Lipinski definition) is 0. The molecular weight excluding hydrogens is 212 g/mol. The molecule has 1 aromatic rings. The summed E-state index contributed by atoms with van der Waals surface area (Å²) in [4.78, 5) is 11.6. The predicted molar refractivity (Wildman–Crippen MR) is 56.5 cm³/mol. The van der Waals surface area contributed by atoms with Crippen LogP contribution in [0.1, 0.15) is 6.42 Å². The summed E-state index contributed by atoms with van der Waals surface area (Å²) in [6.07, 6.45) is 1.88. The first kappa shape index (κ1) is 9.88. The number of halogens is 1. The molecule has 1 aliphatic rings. The van der Waals surface area contributed by atoms with E-state index in [1.165, 1.54) is 0 Å². The lowest BCUT2D eigenvalue weighted by Gasteiger charge is -1.90. The summed E-state index contributed by atoms with van der Waals surface area (Å²) in [5.41, 5.74) is 0. The highest BCUT2D eigenvalue weighted by Crippen LogP contribution is 2.00. The van der Waals surface area contributed by atoms with Crippen LogP contribution in [-0.2, 0) is 4.79 Å². The monoisotopic (exact) mass is 219 g/mol. The molecule has 1 aromatic carbocycles. The van der Waals surface area contributed by atoms with Crippen LogP contribution in [0.3, 0.4) is 0 Å². The number of carbonyl (C=O) groups excluding carboxylic acids is 1. The highest BCUT2D eigenvalue weighted by molar-refractivity contribution is 6.30. The number of benzene rings is 1. The first-order chi connectivity index (χ1) is 7.22. The Kier molecular flexibility index (Phi) is 2.53. The molecule has 1 heterocycles. The minimum atomic E-state index is -0.0810. The lowest BCUT2D eigenvalue weighted by molar-refractivity contribution is -0.116. The van der Waals surface area contributed by atoms with Crippen LogP contribution >= 0.6 is 11.6 Å². The van der Waals surface area contributed by atoms with E-state index in [9.17, 15) is 4.79 Å². The zero-order valence-corrected chi connectivity index (χ0v) is 8.66. The van der Waals surface area contributed by atoms with Gasteiger partial charge in [0.1, 0.15) is 0 Å². The molecule has 0 atom stereocenters. The van der Waals surface area contributed by atoms with Crippen molar-refractivity contribution in [3.8, 4) is 6.07 Å². The first-order valence-electron chi connectivity index (χ1n) is 4.55. The molecule has 3 nitrogen and oxygen atoms in total.